The monoisotopic (exact) mass is 322 g/mol. The average Bonchev–Trinajstić information content (AvgIpc) is 2.52. The molecule has 23 heavy (non-hydrogen) atoms. The molecular weight excluding hydrogens is 300 g/mol. The van der Waals surface area contributed by atoms with Crippen molar-refractivity contribution >= 4 is 23.6 Å². The number of carbonyl (C=O) groups is 2. The molecule has 0 spiro atoms. The third kappa shape index (κ3) is 5.54. The van der Waals surface area contributed by atoms with Crippen LogP contribution >= 0.6 is 0 Å². The number of hydrogen-bond acceptors (Lipinski definition) is 5. The molecule has 0 aliphatic rings. The molecule has 0 aliphatic carbocycles. The van der Waals surface area contributed by atoms with E-state index in [1.165, 1.54) is 14.2 Å². The Bertz CT molecular complexity index is 611. The molecule has 0 fully saturated rings. The number of carboxylic acids is 1. The third-order valence-corrected chi connectivity index (χ3v) is 3.17. The van der Waals surface area contributed by atoms with Crippen LogP contribution in [-0.4, -0.2) is 37.7 Å². The molecule has 0 aliphatic heterocycles. The fourth-order valence-electron chi connectivity index (χ4n) is 1.92. The predicted octanol–water partition coefficient (Wildman–Crippen LogP) is 1.67. The van der Waals surface area contributed by atoms with Gasteiger partial charge in [0.25, 0.3) is 0 Å². The van der Waals surface area contributed by atoms with E-state index in [9.17, 15) is 9.59 Å². The number of hydrogen-bond donors (Lipinski definition) is 3. The van der Waals surface area contributed by atoms with Crippen molar-refractivity contribution in [1.82, 2.24) is 5.32 Å². The number of methoxy groups -OCH3 is 2. The lowest BCUT2D eigenvalue weighted by atomic mass is 10.1. The average molecular weight is 322 g/mol. The topological polar surface area (TPSA) is 111 Å². The lowest BCUT2D eigenvalue weighted by Crippen LogP contribution is -2.25. The summed E-state index contributed by atoms with van der Waals surface area (Å²) < 4.78 is 10.4. The molecular formula is C16H22N2O5. The minimum Gasteiger partial charge on any atom is -0.493 e. The molecule has 1 aromatic carbocycles. The zero-order chi connectivity index (χ0) is 17.4. The fraction of sp³-hybridized carbons (Fsp3) is 0.375. The van der Waals surface area contributed by atoms with E-state index in [0.29, 0.717) is 41.3 Å². The van der Waals surface area contributed by atoms with Gasteiger partial charge in [-0.15, -0.1) is 0 Å². The Morgan fingerprint density at radius 2 is 1.87 bits per heavy atom. The second-order valence-corrected chi connectivity index (χ2v) is 4.92. The summed E-state index contributed by atoms with van der Waals surface area (Å²) in [5.41, 5.74) is 7.50. The SMILES string of the molecule is COc1cc(N)c(/C=C(\C)C(=O)NCCCC(=O)O)cc1OC. The van der Waals surface area contributed by atoms with Crippen LogP contribution in [0.15, 0.2) is 17.7 Å². The van der Waals surface area contributed by atoms with Crippen LogP contribution in [0.1, 0.15) is 25.3 Å². The summed E-state index contributed by atoms with van der Waals surface area (Å²) in [4.78, 5) is 22.4. The molecule has 126 valence electrons. The third-order valence-electron chi connectivity index (χ3n) is 3.17. The van der Waals surface area contributed by atoms with E-state index in [1.807, 2.05) is 0 Å². The lowest BCUT2D eigenvalue weighted by molar-refractivity contribution is -0.137. The number of ether oxygens (including phenoxy) is 2. The Labute approximate surface area is 135 Å². The van der Waals surface area contributed by atoms with Crippen LogP contribution in [0.4, 0.5) is 5.69 Å². The van der Waals surface area contributed by atoms with E-state index in [0.717, 1.165) is 0 Å². The molecule has 4 N–H and O–H groups in total. The van der Waals surface area contributed by atoms with Crippen molar-refractivity contribution in [1.29, 1.82) is 0 Å². The Balaban J connectivity index is 2.80. The summed E-state index contributed by atoms with van der Waals surface area (Å²) in [6, 6.07) is 3.32. The summed E-state index contributed by atoms with van der Waals surface area (Å²) in [7, 11) is 3.03. The minimum atomic E-state index is -0.885. The summed E-state index contributed by atoms with van der Waals surface area (Å²) in [5, 5.41) is 11.2. The van der Waals surface area contributed by atoms with E-state index in [4.69, 9.17) is 20.3 Å². The summed E-state index contributed by atoms with van der Waals surface area (Å²) in [6.45, 7) is 1.96. The molecule has 7 nitrogen and oxygen atoms in total. The standard InChI is InChI=1S/C16H22N2O5/c1-10(16(21)18-6-4-5-15(19)20)7-11-8-13(22-2)14(23-3)9-12(11)17/h7-9H,4-6,17H2,1-3H3,(H,18,21)(H,19,20)/b10-7+. The molecule has 0 saturated carbocycles. The zero-order valence-corrected chi connectivity index (χ0v) is 13.5. The van der Waals surface area contributed by atoms with Gasteiger partial charge in [0.05, 0.1) is 14.2 Å². The van der Waals surface area contributed by atoms with Gasteiger partial charge in [-0.25, -0.2) is 0 Å². The molecule has 1 amide bonds. The van der Waals surface area contributed by atoms with E-state index < -0.39 is 5.97 Å². The summed E-state index contributed by atoms with van der Waals surface area (Å²) in [5.74, 6) is -0.130. The normalized spacial score (nSPS) is 11.0. The predicted molar refractivity (Wildman–Crippen MR) is 87.5 cm³/mol. The number of rotatable bonds is 8. The van der Waals surface area contributed by atoms with Crippen molar-refractivity contribution in [3.05, 3.63) is 23.3 Å². The largest absolute Gasteiger partial charge is 0.493 e. The number of amides is 1. The van der Waals surface area contributed by atoms with Crippen LogP contribution in [0.25, 0.3) is 6.08 Å². The van der Waals surface area contributed by atoms with Gasteiger partial charge in [0.2, 0.25) is 5.91 Å². The molecule has 0 radical (unpaired) electrons. The number of nitrogen functional groups attached to an aromatic ring is 1. The highest BCUT2D eigenvalue weighted by Gasteiger charge is 2.10. The first-order chi connectivity index (χ1) is 10.9. The van der Waals surface area contributed by atoms with Crippen LogP contribution in [-0.2, 0) is 9.59 Å². The number of nitrogens with two attached hydrogens (primary N) is 1. The van der Waals surface area contributed by atoms with Crippen molar-refractivity contribution in [3.63, 3.8) is 0 Å². The van der Waals surface area contributed by atoms with Gasteiger partial charge in [-0.05, 0) is 25.5 Å². The lowest BCUT2D eigenvalue weighted by Gasteiger charge is -2.11. The fourth-order valence-corrected chi connectivity index (χ4v) is 1.92. The van der Waals surface area contributed by atoms with Gasteiger partial charge in [0.15, 0.2) is 11.5 Å². The van der Waals surface area contributed by atoms with Gasteiger partial charge in [-0.3, -0.25) is 9.59 Å². The number of nitrogens with one attached hydrogen (secondary N) is 1. The van der Waals surface area contributed by atoms with E-state index >= 15 is 0 Å². The zero-order valence-electron chi connectivity index (χ0n) is 13.5. The molecule has 1 aromatic rings. The van der Waals surface area contributed by atoms with E-state index in [2.05, 4.69) is 5.32 Å². The van der Waals surface area contributed by atoms with Crippen molar-refractivity contribution in [3.8, 4) is 11.5 Å². The Hall–Kier alpha value is -2.70. The quantitative estimate of drug-likeness (QED) is 0.381. The van der Waals surface area contributed by atoms with Gasteiger partial charge in [-0.2, -0.15) is 0 Å². The van der Waals surface area contributed by atoms with Crippen LogP contribution < -0.4 is 20.5 Å². The minimum absolute atomic E-state index is 0.0195. The first-order valence-corrected chi connectivity index (χ1v) is 7.08. The van der Waals surface area contributed by atoms with Crippen LogP contribution in [0.5, 0.6) is 11.5 Å². The highest BCUT2D eigenvalue weighted by molar-refractivity contribution is 5.98. The van der Waals surface area contributed by atoms with Crippen molar-refractivity contribution in [2.45, 2.75) is 19.8 Å². The summed E-state index contributed by atoms with van der Waals surface area (Å²) >= 11 is 0. The second kappa shape index (κ2) is 8.67. The number of benzene rings is 1. The van der Waals surface area contributed by atoms with Gasteiger partial charge < -0.3 is 25.6 Å². The molecule has 0 atom stereocenters. The smallest absolute Gasteiger partial charge is 0.303 e. The maximum Gasteiger partial charge on any atom is 0.303 e. The van der Waals surface area contributed by atoms with Crippen LogP contribution in [0, 0.1) is 0 Å². The maximum absolute atomic E-state index is 12.0. The Kier molecular flexibility index (Phi) is 6.92. The second-order valence-electron chi connectivity index (χ2n) is 4.92. The van der Waals surface area contributed by atoms with Crippen molar-refractivity contribution < 1.29 is 24.2 Å². The van der Waals surface area contributed by atoms with Crippen LogP contribution in [0.2, 0.25) is 0 Å². The molecule has 0 unspecified atom stereocenters. The number of anilines is 1. The number of aliphatic carboxylic acids is 1. The van der Waals surface area contributed by atoms with Crippen LogP contribution in [0.3, 0.4) is 0 Å². The Morgan fingerprint density at radius 1 is 1.26 bits per heavy atom. The molecule has 1 rings (SSSR count). The van der Waals surface area contributed by atoms with Gasteiger partial charge in [0, 0.05) is 35.9 Å². The Morgan fingerprint density at radius 3 is 2.43 bits per heavy atom. The number of carboxylic acid groups (broad SMARTS) is 1. The summed E-state index contributed by atoms with van der Waals surface area (Å²) in [6.07, 6.45) is 2.04. The molecule has 0 bridgehead atoms. The molecule has 0 aromatic heterocycles. The van der Waals surface area contributed by atoms with Crippen molar-refractivity contribution in [2.24, 2.45) is 0 Å². The molecule has 0 saturated heterocycles. The maximum atomic E-state index is 12.0. The first-order valence-electron chi connectivity index (χ1n) is 7.08. The van der Waals surface area contributed by atoms with E-state index in [1.54, 1.807) is 25.1 Å². The first kappa shape index (κ1) is 18.3. The van der Waals surface area contributed by atoms with E-state index in [-0.39, 0.29) is 12.3 Å². The molecule has 0 heterocycles. The van der Waals surface area contributed by atoms with Gasteiger partial charge in [0.1, 0.15) is 0 Å². The van der Waals surface area contributed by atoms with Gasteiger partial charge >= 0.3 is 5.97 Å². The van der Waals surface area contributed by atoms with Crippen molar-refractivity contribution in [2.75, 3.05) is 26.5 Å². The van der Waals surface area contributed by atoms with Gasteiger partial charge in [-0.1, -0.05) is 0 Å². The number of carbonyl (C=O) groups excluding carboxylic acids is 1. The highest BCUT2D eigenvalue weighted by atomic mass is 16.5. The highest BCUT2D eigenvalue weighted by Crippen LogP contribution is 2.32. The molecule has 7 heteroatoms.